The highest BCUT2D eigenvalue weighted by molar-refractivity contribution is 6.34. The van der Waals surface area contributed by atoms with Crippen molar-refractivity contribution in [3.63, 3.8) is 0 Å². The van der Waals surface area contributed by atoms with Crippen LogP contribution in [-0.4, -0.2) is 31.6 Å². The third kappa shape index (κ3) is 2.37. The third-order valence-electron chi connectivity index (χ3n) is 3.05. The Morgan fingerprint density at radius 2 is 2.35 bits per heavy atom. The fraction of sp³-hybridized carbons (Fsp3) is 0.417. The first-order valence-electron chi connectivity index (χ1n) is 5.67. The Kier molecular flexibility index (Phi) is 3.54. The van der Waals surface area contributed by atoms with Gasteiger partial charge in [0.1, 0.15) is 0 Å². The van der Waals surface area contributed by atoms with Crippen LogP contribution in [0.2, 0.25) is 5.02 Å². The van der Waals surface area contributed by atoms with Crippen molar-refractivity contribution >= 4 is 23.2 Å². The van der Waals surface area contributed by atoms with E-state index >= 15 is 0 Å². The summed E-state index contributed by atoms with van der Waals surface area (Å²) in [4.78, 5) is 13.7. The highest BCUT2D eigenvalue weighted by Gasteiger charge is 2.23. The first-order chi connectivity index (χ1) is 8.11. The summed E-state index contributed by atoms with van der Waals surface area (Å²) in [6.07, 6.45) is 0. The lowest BCUT2D eigenvalue weighted by Gasteiger charge is -2.36. The zero-order chi connectivity index (χ0) is 12.4. The van der Waals surface area contributed by atoms with Crippen molar-refractivity contribution in [2.24, 2.45) is 5.73 Å². The Morgan fingerprint density at radius 1 is 1.59 bits per heavy atom. The van der Waals surface area contributed by atoms with Gasteiger partial charge in [0.25, 0.3) is 5.91 Å². The number of nitrogens with two attached hydrogens (primary N) is 1. The van der Waals surface area contributed by atoms with E-state index < -0.39 is 5.91 Å². The van der Waals surface area contributed by atoms with Crippen molar-refractivity contribution in [2.45, 2.75) is 13.0 Å². The van der Waals surface area contributed by atoms with E-state index in [9.17, 15) is 4.79 Å². The molecule has 92 valence electrons. The predicted octanol–water partition coefficient (Wildman–Crippen LogP) is 1.24. The Hall–Kier alpha value is -1.26. The number of hydrogen-bond acceptors (Lipinski definition) is 3. The molecule has 0 bridgehead atoms. The van der Waals surface area contributed by atoms with E-state index in [0.29, 0.717) is 16.6 Å². The first kappa shape index (κ1) is 12.2. The molecular formula is C12H16ClN3O. The minimum atomic E-state index is -0.476. The second-order valence-corrected chi connectivity index (χ2v) is 4.65. The minimum absolute atomic E-state index is 0.320. The van der Waals surface area contributed by atoms with Crippen molar-refractivity contribution in [3.8, 4) is 0 Å². The lowest BCUT2D eigenvalue weighted by molar-refractivity contribution is 0.100. The summed E-state index contributed by atoms with van der Waals surface area (Å²) in [7, 11) is 0. The van der Waals surface area contributed by atoms with Crippen molar-refractivity contribution in [1.82, 2.24) is 5.32 Å². The molecule has 1 heterocycles. The molecule has 0 radical (unpaired) electrons. The third-order valence-corrected chi connectivity index (χ3v) is 3.36. The van der Waals surface area contributed by atoms with Crippen LogP contribution in [-0.2, 0) is 0 Å². The number of piperazine rings is 1. The molecule has 0 aliphatic carbocycles. The lowest BCUT2D eigenvalue weighted by atomic mass is 10.1. The monoisotopic (exact) mass is 253 g/mol. The Bertz CT molecular complexity index is 436. The van der Waals surface area contributed by atoms with E-state index in [1.54, 1.807) is 6.07 Å². The number of benzene rings is 1. The Balaban J connectivity index is 2.43. The molecule has 3 N–H and O–H groups in total. The molecule has 0 saturated carbocycles. The fourth-order valence-corrected chi connectivity index (χ4v) is 2.46. The van der Waals surface area contributed by atoms with E-state index in [2.05, 4.69) is 17.1 Å². The van der Waals surface area contributed by atoms with Crippen LogP contribution in [0.1, 0.15) is 17.3 Å². The van der Waals surface area contributed by atoms with Crippen LogP contribution in [0, 0.1) is 0 Å². The zero-order valence-corrected chi connectivity index (χ0v) is 10.5. The summed E-state index contributed by atoms with van der Waals surface area (Å²) < 4.78 is 0. The first-order valence-corrected chi connectivity index (χ1v) is 6.04. The molecule has 1 aliphatic rings. The maximum atomic E-state index is 11.5. The number of nitrogens with one attached hydrogen (secondary N) is 1. The smallest absolute Gasteiger partial charge is 0.252 e. The maximum Gasteiger partial charge on any atom is 0.252 e. The number of carbonyl (C=O) groups excluding carboxylic acids is 1. The molecule has 2 rings (SSSR count). The Labute approximate surface area is 106 Å². The average Bonchev–Trinajstić information content (AvgIpc) is 2.28. The molecule has 1 aromatic rings. The van der Waals surface area contributed by atoms with Gasteiger partial charge in [-0.25, -0.2) is 0 Å². The normalized spacial score (nSPS) is 20.4. The number of halogens is 1. The topological polar surface area (TPSA) is 58.4 Å². The van der Waals surface area contributed by atoms with Gasteiger partial charge in [-0.05, 0) is 19.1 Å². The van der Waals surface area contributed by atoms with Crippen LogP contribution in [0.4, 0.5) is 5.69 Å². The highest BCUT2D eigenvalue weighted by Crippen LogP contribution is 2.28. The van der Waals surface area contributed by atoms with Gasteiger partial charge in [0.2, 0.25) is 0 Å². The second-order valence-electron chi connectivity index (χ2n) is 4.24. The largest absolute Gasteiger partial charge is 0.366 e. The summed E-state index contributed by atoms with van der Waals surface area (Å²) in [5.41, 5.74) is 6.65. The van der Waals surface area contributed by atoms with Crippen LogP contribution < -0.4 is 16.0 Å². The van der Waals surface area contributed by atoms with Crippen molar-refractivity contribution < 1.29 is 4.79 Å². The predicted molar refractivity (Wildman–Crippen MR) is 69.6 cm³/mol. The van der Waals surface area contributed by atoms with Crippen LogP contribution in [0.5, 0.6) is 0 Å². The Morgan fingerprint density at radius 3 is 3.00 bits per heavy atom. The van der Waals surface area contributed by atoms with Crippen LogP contribution >= 0.6 is 11.6 Å². The minimum Gasteiger partial charge on any atom is -0.366 e. The molecule has 1 aliphatic heterocycles. The lowest BCUT2D eigenvalue weighted by Crippen LogP contribution is -2.50. The van der Waals surface area contributed by atoms with Gasteiger partial charge >= 0.3 is 0 Å². The molecule has 1 saturated heterocycles. The molecule has 4 nitrogen and oxygen atoms in total. The van der Waals surface area contributed by atoms with Gasteiger partial charge in [0.05, 0.1) is 16.3 Å². The molecule has 1 amide bonds. The average molecular weight is 254 g/mol. The van der Waals surface area contributed by atoms with Gasteiger partial charge in [0.15, 0.2) is 0 Å². The standard InChI is InChI=1S/C12H16ClN3O/c1-8-7-15-5-6-16(8)10-4-2-3-9(13)11(10)12(14)17/h2-4,8,15H,5-7H2,1H3,(H2,14,17). The number of carbonyl (C=O) groups is 1. The van der Waals surface area contributed by atoms with E-state index in [4.69, 9.17) is 17.3 Å². The molecule has 5 heteroatoms. The number of nitrogens with zero attached hydrogens (tertiary/aromatic N) is 1. The quantitative estimate of drug-likeness (QED) is 0.834. The van der Waals surface area contributed by atoms with E-state index in [-0.39, 0.29) is 0 Å². The number of anilines is 1. The van der Waals surface area contributed by atoms with Gasteiger partial charge in [-0.3, -0.25) is 4.79 Å². The summed E-state index contributed by atoms with van der Waals surface area (Å²) >= 11 is 6.05. The number of primary amides is 1. The highest BCUT2D eigenvalue weighted by atomic mass is 35.5. The van der Waals surface area contributed by atoms with Crippen LogP contribution in [0.15, 0.2) is 18.2 Å². The van der Waals surface area contributed by atoms with Crippen LogP contribution in [0.3, 0.4) is 0 Å². The van der Waals surface area contributed by atoms with Gasteiger partial charge in [-0.1, -0.05) is 17.7 Å². The summed E-state index contributed by atoms with van der Waals surface area (Å²) in [6, 6.07) is 5.75. The van der Waals surface area contributed by atoms with Gasteiger partial charge in [-0.2, -0.15) is 0 Å². The van der Waals surface area contributed by atoms with E-state index in [1.807, 2.05) is 12.1 Å². The second kappa shape index (κ2) is 4.94. The number of amides is 1. The van der Waals surface area contributed by atoms with Gasteiger partial charge in [0, 0.05) is 25.7 Å². The van der Waals surface area contributed by atoms with Crippen molar-refractivity contribution in [2.75, 3.05) is 24.5 Å². The summed E-state index contributed by atoms with van der Waals surface area (Å²) in [6.45, 7) is 4.75. The molecule has 0 spiro atoms. The van der Waals surface area contributed by atoms with E-state index in [1.165, 1.54) is 0 Å². The number of rotatable bonds is 2. The van der Waals surface area contributed by atoms with Crippen molar-refractivity contribution in [3.05, 3.63) is 28.8 Å². The molecule has 1 fully saturated rings. The maximum absolute atomic E-state index is 11.5. The van der Waals surface area contributed by atoms with Crippen LogP contribution in [0.25, 0.3) is 0 Å². The van der Waals surface area contributed by atoms with E-state index in [0.717, 1.165) is 25.3 Å². The molecular weight excluding hydrogens is 238 g/mol. The molecule has 1 aromatic carbocycles. The SMILES string of the molecule is CC1CNCCN1c1cccc(Cl)c1C(N)=O. The molecule has 1 atom stereocenters. The van der Waals surface area contributed by atoms with Crippen molar-refractivity contribution in [1.29, 1.82) is 0 Å². The molecule has 17 heavy (non-hydrogen) atoms. The number of hydrogen-bond donors (Lipinski definition) is 2. The van der Waals surface area contributed by atoms with Gasteiger partial charge in [-0.15, -0.1) is 0 Å². The molecule has 0 aromatic heterocycles. The molecule has 1 unspecified atom stereocenters. The summed E-state index contributed by atoms with van der Waals surface area (Å²) in [5, 5.41) is 3.72. The summed E-state index contributed by atoms with van der Waals surface area (Å²) in [5.74, 6) is -0.476. The zero-order valence-electron chi connectivity index (χ0n) is 9.74. The fourth-order valence-electron chi connectivity index (χ4n) is 2.19. The van der Waals surface area contributed by atoms with Gasteiger partial charge < -0.3 is 16.0 Å².